The van der Waals surface area contributed by atoms with E-state index < -0.39 is 12.0 Å². The molecule has 1 aliphatic carbocycles. The number of aryl methyl sites for hydroxylation is 1. The van der Waals surface area contributed by atoms with Crippen molar-refractivity contribution in [2.24, 2.45) is 5.92 Å². The maximum absolute atomic E-state index is 12.5. The molecule has 3 heterocycles. The van der Waals surface area contributed by atoms with Crippen molar-refractivity contribution >= 4 is 36.9 Å². The number of anilines is 3. The van der Waals surface area contributed by atoms with Gasteiger partial charge in [0.1, 0.15) is 11.7 Å². The third-order valence-corrected chi connectivity index (χ3v) is 5.75. The smallest absolute Gasteiger partial charge is 0.451 e. The minimum absolute atomic E-state index is 0. The quantitative estimate of drug-likeness (QED) is 0.580. The van der Waals surface area contributed by atoms with E-state index in [1.807, 2.05) is 25.8 Å². The van der Waals surface area contributed by atoms with Crippen molar-refractivity contribution in [3.05, 3.63) is 23.9 Å². The largest absolute Gasteiger partial charge is 0.490 e. The van der Waals surface area contributed by atoms with E-state index in [0.29, 0.717) is 36.2 Å². The van der Waals surface area contributed by atoms with Gasteiger partial charge in [-0.2, -0.15) is 31.7 Å². The first-order chi connectivity index (χ1) is 15.2. The van der Waals surface area contributed by atoms with Crippen LogP contribution in [0.15, 0.2) is 12.4 Å². The lowest BCUT2D eigenvalue weighted by molar-refractivity contribution is -0.145. The zero-order valence-electron chi connectivity index (χ0n) is 18.4. The van der Waals surface area contributed by atoms with E-state index in [-0.39, 0.29) is 58.0 Å². The number of carbonyl (C=O) groups is 1. The van der Waals surface area contributed by atoms with Crippen LogP contribution in [0.2, 0.25) is 0 Å². The topological polar surface area (TPSA) is 105 Å². The Kier molecular flexibility index (Phi) is 10.1. The van der Waals surface area contributed by atoms with E-state index in [9.17, 15) is 18.0 Å². The number of nitrogens with one attached hydrogen (secondary N) is 2. The summed E-state index contributed by atoms with van der Waals surface area (Å²) >= 11 is 0. The number of nitrogens with zero attached hydrogens (tertiary/aromatic N) is 5. The number of amides is 1. The van der Waals surface area contributed by atoms with Crippen molar-refractivity contribution in [1.29, 1.82) is 0 Å². The summed E-state index contributed by atoms with van der Waals surface area (Å²) in [5.41, 5.74) is 1.32. The van der Waals surface area contributed by atoms with Crippen LogP contribution in [0.4, 0.5) is 30.6 Å². The second-order valence-electron chi connectivity index (χ2n) is 8.09. The van der Waals surface area contributed by atoms with Crippen LogP contribution in [-0.2, 0) is 11.0 Å². The molecule has 1 atom stereocenters. The molecule has 0 saturated heterocycles. The van der Waals surface area contributed by atoms with Crippen LogP contribution in [0, 0.1) is 12.8 Å². The van der Waals surface area contributed by atoms with E-state index >= 15 is 0 Å². The zero-order valence-corrected chi connectivity index (χ0v) is 19.4. The van der Waals surface area contributed by atoms with Crippen LogP contribution in [0.5, 0.6) is 5.75 Å². The fourth-order valence-electron chi connectivity index (χ4n) is 3.94. The minimum Gasteiger partial charge on any atom is -0.490 e. The molecule has 0 spiro atoms. The average molecular weight is 518 g/mol. The number of likely N-dealkylation sites (N-methyl/N-ethyl adjacent to an activating group) is 1. The third kappa shape index (κ3) is 6.44. The van der Waals surface area contributed by atoms with Crippen LogP contribution in [-0.4, -0.2) is 51.6 Å². The Labute approximate surface area is 210 Å². The Morgan fingerprint density at radius 2 is 1.83 bits per heavy atom. The normalized spacial score (nSPS) is 20.7. The molecule has 1 fully saturated rings. The predicted octanol–water partition coefficient (Wildman–Crippen LogP) is 4.42. The van der Waals surface area contributed by atoms with Gasteiger partial charge in [-0.1, -0.05) is 21.8 Å². The highest BCUT2D eigenvalue weighted by Gasteiger charge is 2.35. The number of hydrogen-bond acceptors (Lipinski definition) is 8. The number of aromatic nitrogens is 4. The standard InChI is InChI=1S/C20H24F3N7O2.2CH4.H2S/c1-4-14-17(31)28-15-10(2)26-19(29-16(15)30(14)3)27-12-5-11(6-12)9-32-13-7-24-18(25-8-13)20(21,22)23;;;/h7-8,11-12,14H,4-6,9H2,1-3H3,(H,28,31)(H,26,27,29);2*1H4;1H2/t11?,12?,14-;;;/m0.../s1. The van der Waals surface area contributed by atoms with E-state index in [1.165, 1.54) is 0 Å². The molecule has 1 aliphatic heterocycles. The lowest BCUT2D eigenvalue weighted by Crippen LogP contribution is -2.46. The molecular weight excluding hydrogens is 483 g/mol. The summed E-state index contributed by atoms with van der Waals surface area (Å²) in [5.74, 6) is 0.398. The molecule has 0 bridgehead atoms. The van der Waals surface area contributed by atoms with E-state index in [2.05, 4.69) is 30.6 Å². The van der Waals surface area contributed by atoms with E-state index in [0.717, 1.165) is 25.2 Å². The fraction of sp³-hybridized carbons (Fsp3) is 0.591. The van der Waals surface area contributed by atoms with Gasteiger partial charge in [-0.15, -0.1) is 0 Å². The maximum Gasteiger partial charge on any atom is 0.451 e. The number of hydrogen-bond donors (Lipinski definition) is 2. The van der Waals surface area contributed by atoms with Gasteiger partial charge in [0.15, 0.2) is 11.6 Å². The number of fused-ring (bicyclic) bond motifs is 1. The van der Waals surface area contributed by atoms with E-state index in [1.54, 1.807) is 0 Å². The molecule has 2 N–H and O–H groups in total. The molecule has 4 rings (SSSR count). The second-order valence-corrected chi connectivity index (χ2v) is 8.09. The highest BCUT2D eigenvalue weighted by Crippen LogP contribution is 2.35. The van der Waals surface area contributed by atoms with Gasteiger partial charge < -0.3 is 20.3 Å². The first-order valence-corrected chi connectivity index (χ1v) is 10.4. The third-order valence-electron chi connectivity index (χ3n) is 5.75. The average Bonchev–Trinajstić information content (AvgIpc) is 2.70. The van der Waals surface area contributed by atoms with Gasteiger partial charge in [0.05, 0.1) is 24.7 Å². The molecule has 2 aromatic heterocycles. The van der Waals surface area contributed by atoms with Crippen molar-refractivity contribution in [2.75, 3.05) is 29.2 Å². The summed E-state index contributed by atoms with van der Waals surface area (Å²) in [6.45, 7) is 4.14. The molecule has 0 aromatic carbocycles. The van der Waals surface area contributed by atoms with Crippen LogP contribution in [0.3, 0.4) is 0 Å². The number of carbonyl (C=O) groups excluding carboxylic acids is 1. The summed E-state index contributed by atoms with van der Waals surface area (Å²) in [4.78, 5) is 29.8. The van der Waals surface area contributed by atoms with Gasteiger partial charge in [-0.25, -0.2) is 15.0 Å². The van der Waals surface area contributed by atoms with Gasteiger partial charge in [0.2, 0.25) is 17.7 Å². The molecule has 2 aliphatic rings. The number of halogens is 3. The summed E-state index contributed by atoms with van der Waals surface area (Å²) in [7, 11) is 1.85. The highest BCUT2D eigenvalue weighted by atomic mass is 32.1. The first-order valence-electron chi connectivity index (χ1n) is 10.4. The first kappa shape index (κ1) is 30.2. The number of rotatable bonds is 6. The zero-order chi connectivity index (χ0) is 23.0. The fourth-order valence-corrected chi connectivity index (χ4v) is 3.94. The van der Waals surface area contributed by atoms with Gasteiger partial charge in [0, 0.05) is 13.1 Å². The lowest BCUT2D eigenvalue weighted by atomic mass is 9.81. The van der Waals surface area contributed by atoms with Crippen molar-refractivity contribution in [3.63, 3.8) is 0 Å². The summed E-state index contributed by atoms with van der Waals surface area (Å²) in [5, 5.41) is 6.22. The molecule has 1 amide bonds. The van der Waals surface area contributed by atoms with Crippen LogP contribution < -0.4 is 20.3 Å². The minimum atomic E-state index is -4.57. The molecule has 1 saturated carbocycles. The van der Waals surface area contributed by atoms with Gasteiger partial charge in [-0.05, 0) is 32.1 Å². The summed E-state index contributed by atoms with van der Waals surface area (Å²) < 4.78 is 43.0. The Balaban J connectivity index is 0.00000204. The Morgan fingerprint density at radius 3 is 2.40 bits per heavy atom. The second kappa shape index (κ2) is 11.7. The maximum atomic E-state index is 12.5. The van der Waals surface area contributed by atoms with Crippen LogP contribution >= 0.6 is 13.5 Å². The molecule has 196 valence electrons. The Morgan fingerprint density at radius 1 is 1.20 bits per heavy atom. The number of ether oxygens (including phenoxy) is 1. The van der Waals surface area contributed by atoms with Crippen molar-refractivity contribution in [3.8, 4) is 5.75 Å². The van der Waals surface area contributed by atoms with Gasteiger partial charge in [0.25, 0.3) is 0 Å². The molecule has 9 nitrogen and oxygen atoms in total. The number of alkyl halides is 3. The molecule has 0 radical (unpaired) electrons. The predicted molar refractivity (Wildman–Crippen MR) is 134 cm³/mol. The van der Waals surface area contributed by atoms with E-state index in [4.69, 9.17) is 4.74 Å². The van der Waals surface area contributed by atoms with Crippen LogP contribution in [0.1, 0.15) is 52.6 Å². The molecule has 0 unspecified atom stereocenters. The Hall–Kier alpha value is -2.83. The van der Waals surface area contributed by atoms with Crippen LogP contribution in [0.25, 0.3) is 0 Å². The SMILES string of the molecule is C.C.CC[C@H]1C(=O)Nc2c(C)nc(NC3CC(COc4cnc(C(F)(F)F)nc4)C3)nc2N1C.S. The summed E-state index contributed by atoms with van der Waals surface area (Å²) in [6.07, 6.45) is -0.210. The monoisotopic (exact) mass is 517 g/mol. The van der Waals surface area contributed by atoms with Gasteiger partial charge >= 0.3 is 6.18 Å². The molecule has 13 heteroatoms. The van der Waals surface area contributed by atoms with Crippen molar-refractivity contribution in [2.45, 2.75) is 66.2 Å². The Bertz CT molecular complexity index is 1000. The van der Waals surface area contributed by atoms with Crippen molar-refractivity contribution < 1.29 is 22.7 Å². The molecule has 2 aromatic rings. The highest BCUT2D eigenvalue weighted by molar-refractivity contribution is 7.59. The lowest BCUT2D eigenvalue weighted by Gasteiger charge is -2.37. The summed E-state index contributed by atoms with van der Waals surface area (Å²) in [6, 6.07) is -0.112. The van der Waals surface area contributed by atoms with Crippen molar-refractivity contribution in [1.82, 2.24) is 19.9 Å². The molecular formula is C22H34F3N7O2S. The molecule has 35 heavy (non-hydrogen) atoms. The van der Waals surface area contributed by atoms with Gasteiger partial charge in [-0.3, -0.25) is 4.79 Å².